The summed E-state index contributed by atoms with van der Waals surface area (Å²) in [7, 11) is 6.05. The molecule has 0 N–H and O–H groups in total. The van der Waals surface area contributed by atoms with Gasteiger partial charge in [0.05, 0.1) is 7.11 Å². The summed E-state index contributed by atoms with van der Waals surface area (Å²) >= 11 is 0. The Bertz CT molecular complexity index is 425. The third-order valence-electron chi connectivity index (χ3n) is 4.26. The molecule has 1 aromatic rings. The van der Waals surface area contributed by atoms with Gasteiger partial charge >= 0.3 is 0 Å². The minimum atomic E-state index is 1.03. The molecule has 0 bridgehead atoms. The molecule has 0 aromatic heterocycles. The van der Waals surface area contributed by atoms with Gasteiger partial charge in [-0.1, -0.05) is 18.6 Å². The molecular weight excluding hydrogens is 260 g/mol. The van der Waals surface area contributed by atoms with Gasteiger partial charge in [0.25, 0.3) is 0 Å². The van der Waals surface area contributed by atoms with Gasteiger partial charge in [-0.15, -0.1) is 0 Å². The lowest BCUT2D eigenvalue weighted by Crippen LogP contribution is -2.29. The number of hydrogen-bond donors (Lipinski definition) is 0. The number of hydrogen-bond acceptors (Lipinski definition) is 3. The average Bonchev–Trinajstić information content (AvgIpc) is 2.48. The molecule has 0 aliphatic carbocycles. The smallest absolute Gasteiger partial charge is 0.123 e. The van der Waals surface area contributed by atoms with Crippen LogP contribution >= 0.6 is 0 Å². The van der Waals surface area contributed by atoms with E-state index < -0.39 is 0 Å². The number of ether oxygens (including phenoxy) is 1. The predicted octanol–water partition coefficient (Wildman–Crippen LogP) is 3.18. The van der Waals surface area contributed by atoms with Crippen molar-refractivity contribution in [2.75, 3.05) is 40.8 Å². The fourth-order valence-corrected chi connectivity index (χ4v) is 3.07. The monoisotopic (exact) mass is 290 g/mol. The lowest BCUT2D eigenvalue weighted by atomic mass is 10.0. The molecule has 3 heteroatoms. The van der Waals surface area contributed by atoms with Gasteiger partial charge in [-0.05, 0) is 71.0 Å². The molecule has 21 heavy (non-hydrogen) atoms. The van der Waals surface area contributed by atoms with Crippen LogP contribution in [0.4, 0.5) is 0 Å². The summed E-state index contributed by atoms with van der Waals surface area (Å²) < 4.78 is 5.55. The van der Waals surface area contributed by atoms with E-state index in [1.807, 2.05) is 0 Å². The molecule has 1 saturated heterocycles. The molecule has 1 heterocycles. The summed E-state index contributed by atoms with van der Waals surface area (Å²) in [6.45, 7) is 4.64. The van der Waals surface area contributed by atoms with E-state index in [2.05, 4.69) is 42.1 Å². The first-order valence-corrected chi connectivity index (χ1v) is 8.22. The third-order valence-corrected chi connectivity index (χ3v) is 4.26. The lowest BCUT2D eigenvalue weighted by molar-refractivity contribution is 0.218. The Morgan fingerprint density at radius 2 is 1.90 bits per heavy atom. The van der Waals surface area contributed by atoms with Crippen molar-refractivity contribution in [2.45, 2.75) is 38.6 Å². The zero-order valence-electron chi connectivity index (χ0n) is 13.9. The summed E-state index contributed by atoms with van der Waals surface area (Å²) in [5.41, 5.74) is 2.78. The molecule has 118 valence electrons. The normalized spacial score (nSPS) is 16.4. The van der Waals surface area contributed by atoms with Crippen LogP contribution in [0.3, 0.4) is 0 Å². The Hall–Kier alpha value is -1.06. The van der Waals surface area contributed by atoms with Gasteiger partial charge in [0, 0.05) is 12.1 Å². The quantitative estimate of drug-likeness (QED) is 0.767. The molecule has 0 spiro atoms. The molecule has 3 nitrogen and oxygen atoms in total. The zero-order chi connectivity index (χ0) is 15.1. The van der Waals surface area contributed by atoms with Crippen LogP contribution in [-0.2, 0) is 13.0 Å². The molecule has 0 unspecified atom stereocenters. The predicted molar refractivity (Wildman–Crippen MR) is 89.0 cm³/mol. The first-order chi connectivity index (χ1) is 10.2. The maximum Gasteiger partial charge on any atom is 0.123 e. The van der Waals surface area contributed by atoms with Gasteiger partial charge in [0.2, 0.25) is 0 Å². The highest BCUT2D eigenvalue weighted by molar-refractivity contribution is 5.37. The second-order valence-corrected chi connectivity index (χ2v) is 6.39. The van der Waals surface area contributed by atoms with Crippen molar-refractivity contribution >= 4 is 0 Å². The maximum absolute atomic E-state index is 5.55. The molecule has 1 aliphatic rings. The molecule has 1 aliphatic heterocycles. The summed E-state index contributed by atoms with van der Waals surface area (Å²) in [5.74, 6) is 1.04. The number of piperidine rings is 1. The van der Waals surface area contributed by atoms with Crippen molar-refractivity contribution in [3.05, 3.63) is 29.3 Å². The third kappa shape index (κ3) is 5.33. The van der Waals surface area contributed by atoms with E-state index in [-0.39, 0.29) is 0 Å². The summed E-state index contributed by atoms with van der Waals surface area (Å²) in [4.78, 5) is 4.81. The maximum atomic E-state index is 5.55. The number of rotatable bonds is 7. The van der Waals surface area contributed by atoms with Crippen LogP contribution in [0.25, 0.3) is 0 Å². The fourth-order valence-electron chi connectivity index (χ4n) is 3.07. The van der Waals surface area contributed by atoms with E-state index in [0.29, 0.717) is 0 Å². The average molecular weight is 290 g/mol. The molecule has 1 aromatic carbocycles. The van der Waals surface area contributed by atoms with Gasteiger partial charge in [-0.2, -0.15) is 0 Å². The molecule has 0 saturated carbocycles. The Labute approximate surface area is 129 Å². The van der Waals surface area contributed by atoms with Gasteiger partial charge in [-0.25, -0.2) is 0 Å². The minimum absolute atomic E-state index is 1.03. The van der Waals surface area contributed by atoms with Crippen molar-refractivity contribution in [3.8, 4) is 5.75 Å². The molecule has 1 fully saturated rings. The summed E-state index contributed by atoms with van der Waals surface area (Å²) in [6, 6.07) is 6.71. The second-order valence-electron chi connectivity index (χ2n) is 6.39. The standard InChI is InChI=1S/C18H30N2O/c1-19(2)11-7-8-16-9-10-18(21-3)17(14-16)15-20-12-5-4-6-13-20/h9-10,14H,4-8,11-13,15H2,1-3H3. The summed E-state index contributed by atoms with van der Waals surface area (Å²) in [6.07, 6.45) is 6.42. The van der Waals surface area contributed by atoms with Crippen molar-refractivity contribution in [1.29, 1.82) is 0 Å². The van der Waals surface area contributed by atoms with Crippen molar-refractivity contribution in [1.82, 2.24) is 9.80 Å². The molecule has 2 rings (SSSR count). The molecule has 0 amide bonds. The number of nitrogens with zero attached hydrogens (tertiary/aromatic N) is 2. The molecular formula is C18H30N2O. The zero-order valence-corrected chi connectivity index (χ0v) is 13.9. The Morgan fingerprint density at radius 1 is 1.14 bits per heavy atom. The van der Waals surface area contributed by atoms with Crippen molar-refractivity contribution in [2.24, 2.45) is 0 Å². The number of methoxy groups -OCH3 is 1. The van der Waals surface area contributed by atoms with Gasteiger partial charge in [0.1, 0.15) is 5.75 Å². The van der Waals surface area contributed by atoms with Crippen LogP contribution in [0, 0.1) is 0 Å². The van der Waals surface area contributed by atoms with Crippen molar-refractivity contribution < 1.29 is 4.74 Å². The molecule has 0 radical (unpaired) electrons. The van der Waals surface area contributed by atoms with Crippen molar-refractivity contribution in [3.63, 3.8) is 0 Å². The first-order valence-electron chi connectivity index (χ1n) is 8.22. The highest BCUT2D eigenvalue weighted by Crippen LogP contribution is 2.23. The fraction of sp³-hybridized carbons (Fsp3) is 0.667. The highest BCUT2D eigenvalue weighted by Gasteiger charge is 2.13. The van der Waals surface area contributed by atoms with Crippen LogP contribution in [0.2, 0.25) is 0 Å². The van der Waals surface area contributed by atoms with E-state index in [0.717, 1.165) is 25.3 Å². The molecule has 0 atom stereocenters. The number of aryl methyl sites for hydroxylation is 1. The van der Waals surface area contributed by atoms with Gasteiger partial charge < -0.3 is 9.64 Å². The van der Waals surface area contributed by atoms with E-state index in [1.165, 1.54) is 49.9 Å². The highest BCUT2D eigenvalue weighted by atomic mass is 16.5. The Kier molecular flexibility index (Phi) is 6.52. The second kappa shape index (κ2) is 8.40. The minimum Gasteiger partial charge on any atom is -0.496 e. The lowest BCUT2D eigenvalue weighted by Gasteiger charge is -2.27. The Balaban J connectivity index is 1.99. The van der Waals surface area contributed by atoms with Gasteiger partial charge in [-0.3, -0.25) is 4.90 Å². The van der Waals surface area contributed by atoms with Crippen LogP contribution < -0.4 is 4.74 Å². The SMILES string of the molecule is COc1ccc(CCCN(C)C)cc1CN1CCCCC1. The largest absolute Gasteiger partial charge is 0.496 e. The number of likely N-dealkylation sites (tertiary alicyclic amines) is 1. The van der Waals surface area contributed by atoms with E-state index in [4.69, 9.17) is 4.74 Å². The summed E-state index contributed by atoms with van der Waals surface area (Å²) in [5, 5.41) is 0. The van der Waals surface area contributed by atoms with E-state index >= 15 is 0 Å². The van der Waals surface area contributed by atoms with E-state index in [9.17, 15) is 0 Å². The van der Waals surface area contributed by atoms with Crippen LogP contribution in [0.1, 0.15) is 36.8 Å². The first kappa shape index (κ1) is 16.3. The van der Waals surface area contributed by atoms with E-state index in [1.54, 1.807) is 7.11 Å². The van der Waals surface area contributed by atoms with Crippen LogP contribution in [0.5, 0.6) is 5.75 Å². The van der Waals surface area contributed by atoms with Crippen LogP contribution in [-0.4, -0.2) is 50.6 Å². The van der Waals surface area contributed by atoms with Crippen LogP contribution in [0.15, 0.2) is 18.2 Å². The Morgan fingerprint density at radius 3 is 2.57 bits per heavy atom. The number of benzene rings is 1. The van der Waals surface area contributed by atoms with Gasteiger partial charge in [0.15, 0.2) is 0 Å². The topological polar surface area (TPSA) is 15.7 Å².